The number of hydrogen-bond donors (Lipinski definition) is 3. The molecule has 0 amide bonds. The standard InChI is InChI=1S/C79H154O17P2/c1-7-9-11-13-15-17-18-19-20-21-22-23-24-25-26-31-34-39-45-51-57-63-78(83)95-75(68-90-77(82)62-56-50-44-38-33-30-28-27-29-32-36-41-47-53-59-71(3)4)70-94-98(87,88)92-66-73(80)65-91-97(85,86)93-69-74(67-89-76(81)61-55-49-43-16-14-12-10-8-2)96-79(84)64-58-52-46-40-35-37-42-48-54-60-72(5)6/h71-75,80H,7-70H2,1-6H3,(H,85,86)(H,87,88)/t73-,74+,75+/m0/s1. The highest BCUT2D eigenvalue weighted by Crippen LogP contribution is 2.45. The number of unbranched alkanes of at least 4 members (excludes halogenated alkanes) is 48. The quantitative estimate of drug-likeness (QED) is 0.0222. The number of rotatable bonds is 78. The minimum absolute atomic E-state index is 0.105. The van der Waals surface area contributed by atoms with Crippen LogP contribution in [0.1, 0.15) is 414 Å². The molecule has 0 saturated carbocycles. The van der Waals surface area contributed by atoms with Crippen molar-refractivity contribution in [2.24, 2.45) is 11.8 Å². The van der Waals surface area contributed by atoms with E-state index in [0.717, 1.165) is 108 Å². The van der Waals surface area contributed by atoms with Crippen LogP contribution in [0.5, 0.6) is 0 Å². The van der Waals surface area contributed by atoms with Crippen molar-refractivity contribution in [2.75, 3.05) is 39.6 Å². The number of carbonyl (C=O) groups excluding carboxylic acids is 4. The molecule has 0 aromatic rings. The van der Waals surface area contributed by atoms with Crippen molar-refractivity contribution in [1.82, 2.24) is 0 Å². The van der Waals surface area contributed by atoms with E-state index >= 15 is 0 Å². The summed E-state index contributed by atoms with van der Waals surface area (Å²) in [5.74, 6) is -0.580. The first kappa shape index (κ1) is 96.1. The third-order valence-corrected chi connectivity index (χ3v) is 20.4. The Labute approximate surface area is 600 Å². The number of aliphatic hydroxyl groups is 1. The maximum absolute atomic E-state index is 13.1. The van der Waals surface area contributed by atoms with Gasteiger partial charge in [0.1, 0.15) is 19.3 Å². The van der Waals surface area contributed by atoms with E-state index in [1.54, 1.807) is 0 Å². The molecule has 2 unspecified atom stereocenters. The molecule has 0 fully saturated rings. The predicted molar refractivity (Wildman–Crippen MR) is 400 cm³/mol. The van der Waals surface area contributed by atoms with Crippen LogP contribution >= 0.6 is 15.6 Å². The fraction of sp³-hybridized carbons (Fsp3) is 0.949. The molecule has 0 aliphatic heterocycles. The highest BCUT2D eigenvalue weighted by Gasteiger charge is 2.30. The number of carbonyl (C=O) groups is 4. The smallest absolute Gasteiger partial charge is 0.462 e. The van der Waals surface area contributed by atoms with E-state index in [1.165, 1.54) is 225 Å². The number of aliphatic hydroxyl groups excluding tert-OH is 1. The van der Waals surface area contributed by atoms with E-state index in [2.05, 4.69) is 41.5 Å². The Morgan fingerprint density at radius 1 is 0.276 bits per heavy atom. The average molecular weight is 1440 g/mol. The molecule has 0 saturated heterocycles. The average Bonchev–Trinajstić information content (AvgIpc) is 1.14. The van der Waals surface area contributed by atoms with Crippen LogP contribution in [0.4, 0.5) is 0 Å². The molecule has 0 aromatic carbocycles. The van der Waals surface area contributed by atoms with Gasteiger partial charge in [-0.3, -0.25) is 37.3 Å². The molecule has 0 aliphatic rings. The maximum Gasteiger partial charge on any atom is 0.472 e. The van der Waals surface area contributed by atoms with Crippen LogP contribution in [0.3, 0.4) is 0 Å². The Kier molecular flexibility index (Phi) is 69.3. The molecule has 0 heterocycles. The summed E-state index contributed by atoms with van der Waals surface area (Å²) in [6, 6.07) is 0. The van der Waals surface area contributed by atoms with Crippen LogP contribution < -0.4 is 0 Å². The first-order valence-corrected chi connectivity index (χ1v) is 44.0. The molecule has 19 heteroatoms. The predicted octanol–water partition coefficient (Wildman–Crippen LogP) is 23.5. The van der Waals surface area contributed by atoms with Crippen molar-refractivity contribution in [1.29, 1.82) is 0 Å². The monoisotopic (exact) mass is 1440 g/mol. The summed E-state index contributed by atoms with van der Waals surface area (Å²) >= 11 is 0. The van der Waals surface area contributed by atoms with E-state index in [1.807, 2.05) is 0 Å². The third kappa shape index (κ3) is 72.4. The lowest BCUT2D eigenvalue weighted by Crippen LogP contribution is -2.30. The van der Waals surface area contributed by atoms with Gasteiger partial charge in [-0.25, -0.2) is 9.13 Å². The van der Waals surface area contributed by atoms with Gasteiger partial charge in [0, 0.05) is 25.7 Å². The van der Waals surface area contributed by atoms with Crippen molar-refractivity contribution < 1.29 is 80.2 Å². The maximum atomic E-state index is 13.1. The lowest BCUT2D eigenvalue weighted by molar-refractivity contribution is -0.161. The Bertz CT molecular complexity index is 1890. The van der Waals surface area contributed by atoms with E-state index in [9.17, 15) is 43.2 Å². The van der Waals surface area contributed by atoms with Crippen LogP contribution in [-0.4, -0.2) is 96.7 Å². The highest BCUT2D eigenvalue weighted by atomic mass is 31.2. The Morgan fingerprint density at radius 2 is 0.469 bits per heavy atom. The topological polar surface area (TPSA) is 237 Å². The second kappa shape index (κ2) is 70.7. The molecule has 582 valence electrons. The molecule has 0 bridgehead atoms. The number of ether oxygens (including phenoxy) is 4. The first-order valence-electron chi connectivity index (χ1n) is 41.0. The summed E-state index contributed by atoms with van der Waals surface area (Å²) in [6.45, 7) is 9.59. The Balaban J connectivity index is 5.18. The highest BCUT2D eigenvalue weighted by molar-refractivity contribution is 7.47. The van der Waals surface area contributed by atoms with Crippen LogP contribution in [-0.2, 0) is 65.4 Å². The summed E-state index contributed by atoms with van der Waals surface area (Å²) in [6.07, 6.45) is 59.9. The summed E-state index contributed by atoms with van der Waals surface area (Å²) in [7, 11) is -9.91. The molecule has 0 radical (unpaired) electrons. The molecule has 17 nitrogen and oxygen atoms in total. The van der Waals surface area contributed by atoms with Gasteiger partial charge in [-0.15, -0.1) is 0 Å². The first-order chi connectivity index (χ1) is 47.4. The van der Waals surface area contributed by atoms with E-state index in [4.69, 9.17) is 37.0 Å². The molecule has 98 heavy (non-hydrogen) atoms. The van der Waals surface area contributed by atoms with E-state index in [0.29, 0.717) is 25.7 Å². The minimum Gasteiger partial charge on any atom is -0.462 e. The lowest BCUT2D eigenvalue weighted by Gasteiger charge is -2.21. The van der Waals surface area contributed by atoms with Gasteiger partial charge in [0.05, 0.1) is 26.4 Å². The second-order valence-corrected chi connectivity index (χ2v) is 32.3. The Morgan fingerprint density at radius 3 is 0.694 bits per heavy atom. The summed E-state index contributed by atoms with van der Waals surface area (Å²) in [5.41, 5.74) is 0. The SMILES string of the molecule is CCCCCCCCCCCCCCCCCCCCCCCC(=O)O[C@H](COC(=O)CCCCCCCCCCCCCCCCC(C)C)COP(=O)(O)OC[C@@H](O)COP(=O)(O)OC[C@@H](COC(=O)CCCCCCCCCC)OC(=O)CCCCCCCCCCCC(C)C. The van der Waals surface area contributed by atoms with Gasteiger partial charge >= 0.3 is 39.5 Å². The molecule has 0 spiro atoms. The Hall–Kier alpha value is -1.94. The zero-order valence-electron chi connectivity index (χ0n) is 64.1. The molecule has 3 N–H and O–H groups in total. The van der Waals surface area contributed by atoms with Gasteiger partial charge in [-0.05, 0) is 37.5 Å². The second-order valence-electron chi connectivity index (χ2n) is 29.4. The molecular formula is C79H154O17P2. The summed E-state index contributed by atoms with van der Waals surface area (Å²) < 4.78 is 68.5. The van der Waals surface area contributed by atoms with Crippen LogP contribution in [0.2, 0.25) is 0 Å². The fourth-order valence-electron chi connectivity index (χ4n) is 12.2. The minimum atomic E-state index is -4.96. The van der Waals surface area contributed by atoms with Crippen molar-refractivity contribution >= 4 is 39.5 Å². The third-order valence-electron chi connectivity index (χ3n) is 18.5. The van der Waals surface area contributed by atoms with Gasteiger partial charge in [-0.2, -0.15) is 0 Å². The number of hydrogen-bond acceptors (Lipinski definition) is 15. The van der Waals surface area contributed by atoms with Crippen molar-refractivity contribution in [2.45, 2.75) is 432 Å². The van der Waals surface area contributed by atoms with Gasteiger partial charge in [0.2, 0.25) is 0 Å². The largest absolute Gasteiger partial charge is 0.472 e. The number of esters is 4. The van der Waals surface area contributed by atoms with Crippen molar-refractivity contribution in [3.8, 4) is 0 Å². The molecular weight excluding hydrogens is 1280 g/mol. The molecule has 0 rings (SSSR count). The lowest BCUT2D eigenvalue weighted by atomic mass is 10.0. The van der Waals surface area contributed by atoms with Gasteiger partial charge in [0.15, 0.2) is 12.2 Å². The van der Waals surface area contributed by atoms with Crippen molar-refractivity contribution in [3.05, 3.63) is 0 Å². The zero-order chi connectivity index (χ0) is 72.1. The molecule has 0 aromatic heterocycles. The fourth-order valence-corrected chi connectivity index (χ4v) is 13.8. The normalized spacial score (nSPS) is 13.9. The van der Waals surface area contributed by atoms with Crippen LogP contribution in [0, 0.1) is 11.8 Å². The molecule has 0 aliphatic carbocycles. The van der Waals surface area contributed by atoms with Crippen LogP contribution in [0.15, 0.2) is 0 Å². The van der Waals surface area contributed by atoms with Crippen LogP contribution in [0.25, 0.3) is 0 Å². The van der Waals surface area contributed by atoms with E-state index < -0.39 is 97.5 Å². The number of phosphoric ester groups is 2. The van der Waals surface area contributed by atoms with Crippen molar-refractivity contribution in [3.63, 3.8) is 0 Å². The molecule has 5 atom stereocenters. The summed E-state index contributed by atoms with van der Waals surface area (Å²) in [5, 5.41) is 10.6. The number of phosphoric acid groups is 2. The van der Waals surface area contributed by atoms with Gasteiger partial charge in [0.25, 0.3) is 0 Å². The van der Waals surface area contributed by atoms with Gasteiger partial charge in [-0.1, -0.05) is 363 Å². The summed E-state index contributed by atoms with van der Waals surface area (Å²) in [4.78, 5) is 72.8. The van der Waals surface area contributed by atoms with E-state index in [-0.39, 0.29) is 25.7 Å². The van der Waals surface area contributed by atoms with Gasteiger partial charge < -0.3 is 33.8 Å². The zero-order valence-corrected chi connectivity index (χ0v) is 65.9.